The average molecular weight is 539 g/mol. The number of H-pyrrole nitrogens is 1. The van der Waals surface area contributed by atoms with Crippen LogP contribution in [-0.4, -0.2) is 66.0 Å². The van der Waals surface area contributed by atoms with Gasteiger partial charge in [0.05, 0.1) is 20.3 Å². The van der Waals surface area contributed by atoms with E-state index in [1.54, 1.807) is 19.1 Å². The van der Waals surface area contributed by atoms with Gasteiger partial charge in [-0.2, -0.15) is 0 Å². The molecule has 9 heteroatoms. The third-order valence-electron chi connectivity index (χ3n) is 7.81. The van der Waals surface area contributed by atoms with E-state index in [2.05, 4.69) is 10.3 Å². The van der Waals surface area contributed by atoms with Gasteiger partial charge in [0.15, 0.2) is 11.5 Å². The third kappa shape index (κ3) is 4.43. The first-order valence-corrected chi connectivity index (χ1v) is 13.2. The van der Waals surface area contributed by atoms with Crippen LogP contribution in [0.5, 0.6) is 11.5 Å². The Kier molecular flexibility index (Phi) is 6.63. The number of benzene rings is 3. The van der Waals surface area contributed by atoms with Crippen molar-refractivity contribution in [2.24, 2.45) is 0 Å². The number of ether oxygens (including phenoxy) is 2. The smallest absolute Gasteiger partial charge is 0.325 e. The molecule has 0 radical (unpaired) electrons. The van der Waals surface area contributed by atoms with Crippen LogP contribution in [-0.2, 0) is 22.4 Å². The number of hydrogen-bond acceptors (Lipinski definition) is 5. The lowest BCUT2D eigenvalue weighted by Crippen LogP contribution is -2.47. The summed E-state index contributed by atoms with van der Waals surface area (Å²) in [7, 11) is 3.18. The van der Waals surface area contributed by atoms with Gasteiger partial charge in [0, 0.05) is 30.1 Å². The van der Waals surface area contributed by atoms with Gasteiger partial charge in [0.2, 0.25) is 5.91 Å². The van der Waals surface area contributed by atoms with Crippen LogP contribution >= 0.6 is 0 Å². The number of aromatic amines is 1. The minimum atomic E-state index is -0.733. The first-order chi connectivity index (χ1) is 19.5. The molecule has 0 unspecified atom stereocenters. The molecule has 3 heterocycles. The summed E-state index contributed by atoms with van der Waals surface area (Å²) in [4.78, 5) is 46.0. The van der Waals surface area contributed by atoms with Gasteiger partial charge in [-0.1, -0.05) is 48.5 Å². The molecular formula is C31H30N4O5. The Morgan fingerprint density at radius 3 is 2.48 bits per heavy atom. The molecule has 2 N–H and O–H groups in total. The number of carbonyl (C=O) groups excluding carboxylic acids is 3. The summed E-state index contributed by atoms with van der Waals surface area (Å²) >= 11 is 0. The molecule has 204 valence electrons. The summed E-state index contributed by atoms with van der Waals surface area (Å²) in [5.74, 6) is 0.508. The van der Waals surface area contributed by atoms with Crippen LogP contribution in [0.3, 0.4) is 0 Å². The van der Waals surface area contributed by atoms with E-state index in [4.69, 9.17) is 9.47 Å². The van der Waals surface area contributed by atoms with Crippen LogP contribution in [0.15, 0.2) is 72.9 Å². The van der Waals surface area contributed by atoms with Crippen LogP contribution in [0.2, 0.25) is 0 Å². The Hall–Kier alpha value is -4.79. The fourth-order valence-corrected chi connectivity index (χ4v) is 5.82. The number of rotatable bonds is 7. The zero-order chi connectivity index (χ0) is 27.8. The molecule has 1 saturated heterocycles. The molecule has 40 heavy (non-hydrogen) atoms. The molecule has 0 bridgehead atoms. The number of aromatic nitrogens is 1. The standard InChI is InChI=1S/C31H30N4O5/c1-39-26-15-20-12-13-34(29(19-8-4-3-5-9-19)23(20)16-27(26)40-2)28(36)18-35-30(37)25(33-31(35)38)14-21-17-32-24-11-7-6-10-22(21)24/h3-11,15-17,25,29,32H,12-14,18H2,1-2H3,(H,33,38)/t25-,29+/m1/s1. The number of nitrogens with one attached hydrogen (secondary N) is 2. The molecule has 4 amide bonds. The number of carbonyl (C=O) groups is 3. The fraction of sp³-hybridized carbons (Fsp3) is 0.258. The number of urea groups is 1. The number of fused-ring (bicyclic) bond motifs is 2. The molecule has 2 aliphatic heterocycles. The number of imide groups is 1. The summed E-state index contributed by atoms with van der Waals surface area (Å²) in [5.41, 5.74) is 4.82. The van der Waals surface area contributed by atoms with Gasteiger partial charge in [-0.25, -0.2) is 4.79 Å². The minimum absolute atomic E-state index is 0.300. The van der Waals surface area contributed by atoms with Gasteiger partial charge in [-0.05, 0) is 46.9 Å². The van der Waals surface area contributed by atoms with E-state index in [0.717, 1.165) is 38.1 Å². The number of hydrogen-bond donors (Lipinski definition) is 2. The molecule has 1 fully saturated rings. The van der Waals surface area contributed by atoms with E-state index < -0.39 is 24.0 Å². The van der Waals surface area contributed by atoms with Crippen molar-refractivity contribution < 1.29 is 23.9 Å². The molecule has 6 rings (SSSR count). The second-order valence-electron chi connectivity index (χ2n) is 10.0. The molecule has 0 saturated carbocycles. The maximum Gasteiger partial charge on any atom is 0.325 e. The summed E-state index contributed by atoms with van der Waals surface area (Å²) in [5, 5.41) is 3.78. The number of nitrogens with zero attached hydrogens (tertiary/aromatic N) is 2. The van der Waals surface area contributed by atoms with E-state index in [0.29, 0.717) is 30.9 Å². The van der Waals surface area contributed by atoms with Crippen molar-refractivity contribution in [2.75, 3.05) is 27.3 Å². The molecule has 1 aromatic heterocycles. The molecule has 0 spiro atoms. The quantitative estimate of drug-likeness (QED) is 0.348. The number of para-hydroxylation sites is 1. The minimum Gasteiger partial charge on any atom is -0.493 e. The normalized spacial score (nSPS) is 18.6. The first kappa shape index (κ1) is 25.5. The molecule has 9 nitrogen and oxygen atoms in total. The molecule has 2 atom stereocenters. The predicted octanol–water partition coefficient (Wildman–Crippen LogP) is 3.82. The zero-order valence-corrected chi connectivity index (χ0v) is 22.3. The van der Waals surface area contributed by atoms with E-state index in [1.165, 1.54) is 0 Å². The van der Waals surface area contributed by atoms with Crippen molar-refractivity contribution in [1.29, 1.82) is 0 Å². The average Bonchev–Trinajstić information content (AvgIpc) is 3.51. The van der Waals surface area contributed by atoms with Crippen LogP contribution < -0.4 is 14.8 Å². The van der Waals surface area contributed by atoms with Crippen LogP contribution in [0, 0.1) is 0 Å². The van der Waals surface area contributed by atoms with E-state index in [1.807, 2.05) is 72.9 Å². The Balaban J connectivity index is 1.25. The zero-order valence-electron chi connectivity index (χ0n) is 22.3. The number of amides is 4. The SMILES string of the molecule is COc1cc2c(cc1OC)[C@H](c1ccccc1)N(C(=O)CN1C(=O)N[C@H](Cc3c[nH]c4ccccc34)C1=O)CC2. The maximum absolute atomic E-state index is 13.8. The topological polar surface area (TPSA) is 104 Å². The lowest BCUT2D eigenvalue weighted by molar-refractivity contribution is -0.138. The van der Waals surface area contributed by atoms with Gasteiger partial charge in [0.25, 0.3) is 5.91 Å². The van der Waals surface area contributed by atoms with E-state index in [-0.39, 0.29) is 12.5 Å². The fourth-order valence-electron chi connectivity index (χ4n) is 5.82. The van der Waals surface area contributed by atoms with Gasteiger partial charge in [0.1, 0.15) is 12.6 Å². The Morgan fingerprint density at radius 2 is 1.70 bits per heavy atom. The van der Waals surface area contributed by atoms with Crippen molar-refractivity contribution in [3.63, 3.8) is 0 Å². The lowest BCUT2D eigenvalue weighted by atomic mass is 9.87. The van der Waals surface area contributed by atoms with E-state index >= 15 is 0 Å². The first-order valence-electron chi connectivity index (χ1n) is 13.2. The van der Waals surface area contributed by atoms with Gasteiger partial charge >= 0.3 is 6.03 Å². The second kappa shape index (κ2) is 10.4. The Labute approximate surface area is 231 Å². The monoisotopic (exact) mass is 538 g/mol. The van der Waals surface area contributed by atoms with Crippen LogP contribution in [0.25, 0.3) is 10.9 Å². The van der Waals surface area contributed by atoms with Crippen LogP contribution in [0.1, 0.15) is 28.3 Å². The van der Waals surface area contributed by atoms with Gasteiger partial charge in [-0.15, -0.1) is 0 Å². The summed E-state index contributed by atoms with van der Waals surface area (Å²) in [6.45, 7) is 0.101. The Morgan fingerprint density at radius 1 is 0.975 bits per heavy atom. The highest BCUT2D eigenvalue weighted by Gasteiger charge is 2.41. The summed E-state index contributed by atoms with van der Waals surface area (Å²) in [6, 6.07) is 19.7. The van der Waals surface area contributed by atoms with Crippen molar-refractivity contribution in [3.05, 3.63) is 95.2 Å². The summed E-state index contributed by atoms with van der Waals surface area (Å²) in [6.07, 6.45) is 2.80. The maximum atomic E-state index is 13.8. The predicted molar refractivity (Wildman–Crippen MR) is 149 cm³/mol. The number of methoxy groups -OCH3 is 2. The van der Waals surface area contributed by atoms with Gasteiger partial charge in [-0.3, -0.25) is 14.5 Å². The lowest BCUT2D eigenvalue weighted by Gasteiger charge is -2.38. The van der Waals surface area contributed by atoms with Crippen molar-refractivity contribution in [1.82, 2.24) is 20.1 Å². The third-order valence-corrected chi connectivity index (χ3v) is 7.81. The second-order valence-corrected chi connectivity index (χ2v) is 10.0. The summed E-state index contributed by atoms with van der Waals surface area (Å²) < 4.78 is 11.1. The molecule has 4 aromatic rings. The largest absolute Gasteiger partial charge is 0.493 e. The highest BCUT2D eigenvalue weighted by atomic mass is 16.5. The van der Waals surface area contributed by atoms with Gasteiger partial charge < -0.3 is 24.7 Å². The molecule has 3 aromatic carbocycles. The van der Waals surface area contributed by atoms with E-state index in [9.17, 15) is 14.4 Å². The Bertz CT molecular complexity index is 1600. The van der Waals surface area contributed by atoms with Crippen LogP contribution in [0.4, 0.5) is 4.79 Å². The molecule has 2 aliphatic rings. The molecular weight excluding hydrogens is 508 g/mol. The van der Waals surface area contributed by atoms with Crippen molar-refractivity contribution in [2.45, 2.75) is 24.9 Å². The van der Waals surface area contributed by atoms with Crippen molar-refractivity contribution >= 4 is 28.7 Å². The molecule has 0 aliphatic carbocycles. The van der Waals surface area contributed by atoms with Crippen molar-refractivity contribution in [3.8, 4) is 11.5 Å². The highest BCUT2D eigenvalue weighted by Crippen LogP contribution is 2.41. The highest BCUT2D eigenvalue weighted by molar-refractivity contribution is 6.07.